The molecule has 2 aliphatic carbocycles. The Bertz CT molecular complexity index is 592. The first-order valence-corrected chi connectivity index (χ1v) is 8.81. The third kappa shape index (κ3) is 2.99. The molecule has 2 aliphatic rings. The summed E-state index contributed by atoms with van der Waals surface area (Å²) in [6, 6.07) is 4.92. The molecule has 0 unspecified atom stereocenters. The van der Waals surface area contributed by atoms with Gasteiger partial charge in [0.25, 0.3) is 0 Å². The standard InChI is InChI=1S/C15H22N2O2S/c1-10-2-7-13(8-15(10)16)20(18,19)17-9-14(11-3-4-11)12-5-6-12/h2,7-8,11-12,14,17H,3-6,9,16H2,1H3. The number of sulfonamides is 1. The van der Waals surface area contributed by atoms with Gasteiger partial charge < -0.3 is 5.73 Å². The normalized spacial score (nSPS) is 19.5. The molecule has 110 valence electrons. The summed E-state index contributed by atoms with van der Waals surface area (Å²) in [5.74, 6) is 2.02. The summed E-state index contributed by atoms with van der Waals surface area (Å²) in [6.07, 6.45) is 5.06. The first-order chi connectivity index (χ1) is 9.47. The van der Waals surface area contributed by atoms with Gasteiger partial charge in [-0.15, -0.1) is 0 Å². The summed E-state index contributed by atoms with van der Waals surface area (Å²) >= 11 is 0. The molecule has 1 aromatic carbocycles. The van der Waals surface area contributed by atoms with E-state index in [9.17, 15) is 8.42 Å². The van der Waals surface area contributed by atoms with E-state index in [4.69, 9.17) is 5.73 Å². The highest BCUT2D eigenvalue weighted by Gasteiger charge is 2.41. The fraction of sp³-hybridized carbons (Fsp3) is 0.600. The Hall–Kier alpha value is -1.07. The van der Waals surface area contributed by atoms with Crippen molar-refractivity contribution < 1.29 is 8.42 Å². The summed E-state index contributed by atoms with van der Waals surface area (Å²) in [6.45, 7) is 2.45. The highest BCUT2D eigenvalue weighted by Crippen LogP contribution is 2.48. The molecule has 2 fully saturated rings. The number of aryl methyl sites for hydroxylation is 1. The summed E-state index contributed by atoms with van der Waals surface area (Å²) in [7, 11) is -3.44. The van der Waals surface area contributed by atoms with Gasteiger partial charge in [0.1, 0.15) is 0 Å². The number of hydrogen-bond donors (Lipinski definition) is 2. The van der Waals surface area contributed by atoms with Crippen molar-refractivity contribution in [3.8, 4) is 0 Å². The third-order valence-electron chi connectivity index (χ3n) is 4.53. The molecule has 0 aromatic heterocycles. The first kappa shape index (κ1) is 13.9. The van der Waals surface area contributed by atoms with Crippen LogP contribution in [0.15, 0.2) is 23.1 Å². The minimum absolute atomic E-state index is 0.269. The molecule has 0 spiro atoms. The van der Waals surface area contributed by atoms with E-state index in [1.165, 1.54) is 25.7 Å². The van der Waals surface area contributed by atoms with Gasteiger partial charge in [-0.25, -0.2) is 13.1 Å². The average molecular weight is 294 g/mol. The molecule has 0 atom stereocenters. The topological polar surface area (TPSA) is 72.2 Å². The summed E-state index contributed by atoms with van der Waals surface area (Å²) in [5, 5.41) is 0. The summed E-state index contributed by atoms with van der Waals surface area (Å²) in [5.41, 5.74) is 7.22. The molecule has 0 bridgehead atoms. The molecule has 0 aliphatic heterocycles. The number of nitrogen functional groups attached to an aromatic ring is 1. The van der Waals surface area contributed by atoms with Gasteiger partial charge in [0, 0.05) is 12.2 Å². The number of rotatable bonds is 6. The third-order valence-corrected chi connectivity index (χ3v) is 5.95. The second-order valence-corrected chi connectivity index (χ2v) is 7.98. The molecule has 3 rings (SSSR count). The Morgan fingerprint density at radius 2 is 1.85 bits per heavy atom. The molecule has 0 saturated heterocycles. The molecular formula is C15H22N2O2S. The van der Waals surface area contributed by atoms with E-state index in [0.29, 0.717) is 18.2 Å². The lowest BCUT2D eigenvalue weighted by atomic mass is 9.99. The van der Waals surface area contributed by atoms with E-state index in [-0.39, 0.29) is 4.90 Å². The molecule has 3 N–H and O–H groups in total. The minimum Gasteiger partial charge on any atom is -0.398 e. The van der Waals surface area contributed by atoms with E-state index in [0.717, 1.165) is 17.4 Å². The number of hydrogen-bond acceptors (Lipinski definition) is 3. The zero-order chi connectivity index (χ0) is 14.3. The molecule has 4 nitrogen and oxygen atoms in total. The van der Waals surface area contributed by atoms with Gasteiger partial charge in [-0.2, -0.15) is 0 Å². The van der Waals surface area contributed by atoms with Crippen LogP contribution < -0.4 is 10.5 Å². The van der Waals surface area contributed by atoms with Crippen LogP contribution in [0.5, 0.6) is 0 Å². The smallest absolute Gasteiger partial charge is 0.240 e. The molecule has 0 amide bonds. The number of nitrogens with one attached hydrogen (secondary N) is 1. The van der Waals surface area contributed by atoms with Gasteiger partial charge in [0.15, 0.2) is 0 Å². The van der Waals surface area contributed by atoms with Crippen LogP contribution in [-0.4, -0.2) is 15.0 Å². The predicted molar refractivity (Wildman–Crippen MR) is 79.7 cm³/mol. The maximum Gasteiger partial charge on any atom is 0.240 e. The Morgan fingerprint density at radius 1 is 1.25 bits per heavy atom. The molecule has 20 heavy (non-hydrogen) atoms. The van der Waals surface area contributed by atoms with Gasteiger partial charge in [0.2, 0.25) is 10.0 Å². The van der Waals surface area contributed by atoms with Crippen LogP contribution in [-0.2, 0) is 10.0 Å². The quantitative estimate of drug-likeness (QED) is 0.791. The van der Waals surface area contributed by atoms with Crippen molar-refractivity contribution in [1.29, 1.82) is 0 Å². The van der Waals surface area contributed by atoms with Crippen LogP contribution in [0.2, 0.25) is 0 Å². The Labute approximate surface area is 120 Å². The van der Waals surface area contributed by atoms with E-state index in [1.54, 1.807) is 18.2 Å². The Kier molecular flexibility index (Phi) is 3.50. The zero-order valence-electron chi connectivity index (χ0n) is 11.8. The Morgan fingerprint density at radius 3 is 2.35 bits per heavy atom. The number of nitrogens with two attached hydrogens (primary N) is 1. The number of anilines is 1. The SMILES string of the molecule is Cc1ccc(S(=O)(=O)NCC(C2CC2)C2CC2)cc1N. The lowest BCUT2D eigenvalue weighted by molar-refractivity contribution is 0.401. The van der Waals surface area contributed by atoms with Crippen molar-refractivity contribution >= 4 is 15.7 Å². The van der Waals surface area contributed by atoms with E-state index in [1.807, 2.05) is 6.92 Å². The largest absolute Gasteiger partial charge is 0.398 e. The van der Waals surface area contributed by atoms with E-state index in [2.05, 4.69) is 4.72 Å². The van der Waals surface area contributed by atoms with Gasteiger partial charge in [-0.05, 0) is 68.1 Å². The van der Waals surface area contributed by atoms with Gasteiger partial charge in [0.05, 0.1) is 4.90 Å². The molecule has 2 saturated carbocycles. The van der Waals surface area contributed by atoms with Crippen LogP contribution in [0.4, 0.5) is 5.69 Å². The van der Waals surface area contributed by atoms with Crippen molar-refractivity contribution in [2.45, 2.75) is 37.5 Å². The molecule has 5 heteroatoms. The lowest BCUT2D eigenvalue weighted by Gasteiger charge is -2.16. The van der Waals surface area contributed by atoms with E-state index < -0.39 is 10.0 Å². The monoisotopic (exact) mass is 294 g/mol. The lowest BCUT2D eigenvalue weighted by Crippen LogP contribution is -2.31. The summed E-state index contributed by atoms with van der Waals surface area (Å²) in [4.78, 5) is 0.269. The van der Waals surface area contributed by atoms with Crippen LogP contribution in [0, 0.1) is 24.7 Å². The molecule has 0 heterocycles. The average Bonchev–Trinajstić information content (AvgIpc) is 3.25. The predicted octanol–water partition coefficient (Wildman–Crippen LogP) is 2.29. The maximum absolute atomic E-state index is 12.3. The van der Waals surface area contributed by atoms with E-state index >= 15 is 0 Å². The minimum atomic E-state index is -3.44. The van der Waals surface area contributed by atoms with Crippen LogP contribution in [0.3, 0.4) is 0 Å². The fourth-order valence-electron chi connectivity index (χ4n) is 2.84. The van der Waals surface area contributed by atoms with Gasteiger partial charge in [-0.3, -0.25) is 0 Å². The molecule has 0 radical (unpaired) electrons. The zero-order valence-corrected chi connectivity index (χ0v) is 12.6. The molecular weight excluding hydrogens is 272 g/mol. The second kappa shape index (κ2) is 5.04. The van der Waals surface area contributed by atoms with Crippen LogP contribution in [0.25, 0.3) is 0 Å². The summed E-state index contributed by atoms with van der Waals surface area (Å²) < 4.78 is 27.4. The van der Waals surface area contributed by atoms with Crippen molar-refractivity contribution in [3.05, 3.63) is 23.8 Å². The highest BCUT2D eigenvalue weighted by molar-refractivity contribution is 7.89. The highest BCUT2D eigenvalue weighted by atomic mass is 32.2. The van der Waals surface area contributed by atoms with Crippen molar-refractivity contribution in [2.24, 2.45) is 17.8 Å². The first-order valence-electron chi connectivity index (χ1n) is 7.33. The molecule has 1 aromatic rings. The van der Waals surface area contributed by atoms with Gasteiger partial charge >= 0.3 is 0 Å². The number of benzene rings is 1. The van der Waals surface area contributed by atoms with Crippen molar-refractivity contribution in [1.82, 2.24) is 4.72 Å². The fourth-order valence-corrected chi connectivity index (χ4v) is 3.95. The van der Waals surface area contributed by atoms with Crippen LogP contribution >= 0.6 is 0 Å². The maximum atomic E-state index is 12.3. The Balaban J connectivity index is 1.69. The van der Waals surface area contributed by atoms with Gasteiger partial charge in [-0.1, -0.05) is 6.07 Å². The second-order valence-electron chi connectivity index (χ2n) is 6.21. The van der Waals surface area contributed by atoms with Crippen LogP contribution in [0.1, 0.15) is 31.2 Å². The van der Waals surface area contributed by atoms with Crippen molar-refractivity contribution in [2.75, 3.05) is 12.3 Å². The van der Waals surface area contributed by atoms with Crippen molar-refractivity contribution in [3.63, 3.8) is 0 Å².